The number of carbonyl (C=O) groups excluding carboxylic acids is 2. The van der Waals surface area contributed by atoms with Crippen LogP contribution in [0.2, 0.25) is 0 Å². The highest BCUT2D eigenvalue weighted by Crippen LogP contribution is 2.21. The van der Waals surface area contributed by atoms with Gasteiger partial charge in [-0.05, 0) is 31.2 Å². The first-order chi connectivity index (χ1) is 15.6. The Labute approximate surface area is 183 Å². The largest absolute Gasteiger partial charge is 0.618 e. The van der Waals surface area contributed by atoms with Crippen molar-refractivity contribution in [2.24, 2.45) is 0 Å². The number of nitrogens with zero attached hydrogens (tertiary/aromatic N) is 3. The summed E-state index contributed by atoms with van der Waals surface area (Å²) in [6.45, 7) is 1.90. The molecule has 4 rings (SSSR count). The van der Waals surface area contributed by atoms with E-state index in [0.29, 0.717) is 28.2 Å². The van der Waals surface area contributed by atoms with Gasteiger partial charge in [-0.2, -0.15) is 4.73 Å². The van der Waals surface area contributed by atoms with Gasteiger partial charge in [0.05, 0.1) is 18.2 Å². The number of esters is 1. The van der Waals surface area contributed by atoms with Crippen LogP contribution in [0.5, 0.6) is 5.75 Å². The number of benzene rings is 2. The van der Waals surface area contributed by atoms with Crippen LogP contribution in [-0.2, 0) is 11.3 Å². The van der Waals surface area contributed by atoms with Gasteiger partial charge < -0.3 is 14.7 Å². The second-order valence-corrected chi connectivity index (χ2v) is 6.80. The maximum absolute atomic E-state index is 13.3. The molecule has 0 radical (unpaired) electrons. The highest BCUT2D eigenvalue weighted by Gasteiger charge is 2.28. The van der Waals surface area contributed by atoms with E-state index >= 15 is 0 Å². The molecule has 0 aliphatic rings. The van der Waals surface area contributed by atoms with Gasteiger partial charge in [0.25, 0.3) is 11.5 Å². The van der Waals surface area contributed by atoms with E-state index < -0.39 is 11.8 Å². The summed E-state index contributed by atoms with van der Waals surface area (Å²) < 4.78 is 11.3. The second-order valence-electron chi connectivity index (χ2n) is 6.80. The molecule has 0 aliphatic carbocycles. The molecule has 2 heterocycles. The lowest BCUT2D eigenvalue weighted by Crippen LogP contribution is -2.38. The molecule has 4 aromatic rings. The number of ketones is 1. The minimum atomic E-state index is -0.637. The molecular formula is C24H19N3O5. The van der Waals surface area contributed by atoms with Crippen LogP contribution in [0.3, 0.4) is 0 Å². The Morgan fingerprint density at radius 2 is 1.81 bits per heavy atom. The molecule has 0 N–H and O–H groups in total. The molecule has 160 valence electrons. The maximum atomic E-state index is 13.3. The highest BCUT2D eigenvalue weighted by molar-refractivity contribution is 6.07. The summed E-state index contributed by atoms with van der Waals surface area (Å²) in [4.78, 5) is 33.9. The number of carbonyl (C=O) groups is 2. The minimum Gasteiger partial charge on any atom is -0.618 e. The van der Waals surface area contributed by atoms with E-state index in [1.165, 1.54) is 18.5 Å². The van der Waals surface area contributed by atoms with Gasteiger partial charge in [-0.15, -0.1) is 0 Å². The third kappa shape index (κ3) is 4.24. The molecule has 0 fully saturated rings. The van der Waals surface area contributed by atoms with Crippen LogP contribution in [0.4, 0.5) is 0 Å². The highest BCUT2D eigenvalue weighted by atomic mass is 16.5. The lowest BCUT2D eigenvalue weighted by molar-refractivity contribution is -0.580. The van der Waals surface area contributed by atoms with Crippen LogP contribution < -0.4 is 9.47 Å². The number of ether oxygens (including phenoxy) is 2. The molecule has 0 amide bonds. The van der Waals surface area contributed by atoms with E-state index in [4.69, 9.17) is 9.47 Å². The number of hydrogen-bond acceptors (Lipinski definition) is 7. The number of rotatable bonds is 7. The fourth-order valence-corrected chi connectivity index (χ4v) is 3.20. The topological polar surface area (TPSA) is 105 Å². The maximum Gasteiger partial charge on any atom is 0.340 e. The molecule has 0 saturated carbocycles. The average molecular weight is 429 g/mol. The van der Waals surface area contributed by atoms with Crippen LogP contribution in [0.1, 0.15) is 39.0 Å². The van der Waals surface area contributed by atoms with Gasteiger partial charge in [0, 0.05) is 18.0 Å². The van der Waals surface area contributed by atoms with Crippen LogP contribution in [0, 0.1) is 5.21 Å². The molecule has 0 aliphatic heterocycles. The monoisotopic (exact) mass is 429 g/mol. The number of pyridine rings is 1. The Balaban J connectivity index is 1.78. The summed E-state index contributed by atoms with van der Waals surface area (Å²) in [7, 11) is 0. The smallest absolute Gasteiger partial charge is 0.340 e. The van der Waals surface area contributed by atoms with Gasteiger partial charge in [0.2, 0.25) is 5.52 Å². The number of fused-ring (bicyclic) bond motifs is 1. The van der Waals surface area contributed by atoms with Gasteiger partial charge in [-0.1, -0.05) is 30.3 Å². The first-order valence-electron chi connectivity index (χ1n) is 9.94. The van der Waals surface area contributed by atoms with Crippen molar-refractivity contribution in [2.75, 3.05) is 6.61 Å². The quantitative estimate of drug-likeness (QED) is 0.192. The molecule has 2 aromatic heterocycles. The molecular weight excluding hydrogens is 410 g/mol. The zero-order valence-corrected chi connectivity index (χ0v) is 17.2. The van der Waals surface area contributed by atoms with Crippen LogP contribution in [0.15, 0.2) is 73.1 Å². The summed E-state index contributed by atoms with van der Waals surface area (Å²) in [6.07, 6.45) is 2.91. The van der Waals surface area contributed by atoms with Crippen LogP contribution >= 0.6 is 0 Å². The summed E-state index contributed by atoms with van der Waals surface area (Å²) in [5.41, 5.74) is 0.941. The van der Waals surface area contributed by atoms with Crippen molar-refractivity contribution in [2.45, 2.75) is 13.5 Å². The molecule has 8 nitrogen and oxygen atoms in total. The van der Waals surface area contributed by atoms with Crippen LogP contribution in [0.25, 0.3) is 11.0 Å². The molecule has 32 heavy (non-hydrogen) atoms. The Bertz CT molecular complexity index is 1280. The first-order valence-corrected chi connectivity index (χ1v) is 9.94. The summed E-state index contributed by atoms with van der Waals surface area (Å²) in [6, 6.07) is 16.4. The second kappa shape index (κ2) is 9.22. The van der Waals surface area contributed by atoms with Crippen molar-refractivity contribution < 1.29 is 23.8 Å². The van der Waals surface area contributed by atoms with Gasteiger partial charge >= 0.3 is 5.97 Å². The minimum absolute atomic E-state index is 0.0581. The third-order valence-electron chi connectivity index (χ3n) is 4.70. The Morgan fingerprint density at radius 1 is 1.03 bits per heavy atom. The van der Waals surface area contributed by atoms with E-state index in [-0.39, 0.29) is 29.1 Å². The van der Waals surface area contributed by atoms with E-state index in [0.717, 1.165) is 0 Å². The van der Waals surface area contributed by atoms with Crippen molar-refractivity contribution in [3.8, 4) is 5.75 Å². The number of hydrogen-bond donors (Lipinski definition) is 0. The van der Waals surface area contributed by atoms with Crippen LogP contribution in [-0.4, -0.2) is 28.3 Å². The normalized spacial score (nSPS) is 10.7. The van der Waals surface area contributed by atoms with E-state index in [1.807, 2.05) is 6.92 Å². The molecule has 0 bridgehead atoms. The zero-order valence-electron chi connectivity index (χ0n) is 17.2. The van der Waals surface area contributed by atoms with Crippen molar-refractivity contribution in [3.63, 3.8) is 0 Å². The predicted octanol–water partition coefficient (Wildman–Crippen LogP) is 3.25. The fraction of sp³-hybridized carbons (Fsp3) is 0.125. The Morgan fingerprint density at radius 3 is 2.53 bits per heavy atom. The van der Waals surface area contributed by atoms with Gasteiger partial charge in [-0.3, -0.25) is 9.78 Å². The molecule has 2 aromatic carbocycles. The molecule has 0 spiro atoms. The summed E-state index contributed by atoms with van der Waals surface area (Å²) in [5, 5.41) is 13.3. The van der Waals surface area contributed by atoms with Crippen molar-refractivity contribution >= 4 is 22.8 Å². The van der Waals surface area contributed by atoms with Crippen molar-refractivity contribution in [3.05, 3.63) is 101 Å². The number of aromatic nitrogens is 3. The third-order valence-corrected chi connectivity index (χ3v) is 4.70. The lowest BCUT2D eigenvalue weighted by Gasteiger charge is -2.12. The molecule has 8 heteroatoms. The lowest BCUT2D eigenvalue weighted by atomic mass is 10.1. The van der Waals surface area contributed by atoms with Gasteiger partial charge in [0.1, 0.15) is 17.9 Å². The first kappa shape index (κ1) is 20.9. The van der Waals surface area contributed by atoms with Crippen molar-refractivity contribution in [1.29, 1.82) is 0 Å². The van der Waals surface area contributed by atoms with Gasteiger partial charge in [-0.25, -0.2) is 9.78 Å². The Hall–Kier alpha value is -4.33. The van der Waals surface area contributed by atoms with E-state index in [1.54, 1.807) is 54.6 Å². The molecule has 0 saturated heterocycles. The fourth-order valence-electron chi connectivity index (χ4n) is 3.20. The van der Waals surface area contributed by atoms with Crippen molar-refractivity contribution in [1.82, 2.24) is 9.97 Å². The average Bonchev–Trinajstić information content (AvgIpc) is 2.84. The van der Waals surface area contributed by atoms with E-state index in [2.05, 4.69) is 9.97 Å². The summed E-state index contributed by atoms with van der Waals surface area (Å²) >= 11 is 0. The predicted molar refractivity (Wildman–Crippen MR) is 115 cm³/mol. The SMILES string of the molecule is CCOc1ccc2nc(COC(=O)c3cccnc3)c(C(=O)c3ccccc3)[n+]([O-])c2c1. The van der Waals surface area contributed by atoms with E-state index in [9.17, 15) is 14.8 Å². The van der Waals surface area contributed by atoms with Gasteiger partial charge in [0.15, 0.2) is 5.69 Å². The summed E-state index contributed by atoms with van der Waals surface area (Å²) in [5.74, 6) is -0.674. The molecule has 0 unspecified atom stereocenters. The Kier molecular flexibility index (Phi) is 6.03. The zero-order chi connectivity index (χ0) is 22.5. The molecule has 0 atom stereocenters. The standard InChI is InChI=1S/C24H19N3O5/c1-2-31-18-10-11-19-21(13-18)27(30)22(23(28)16-7-4-3-5-8-16)20(26-19)15-32-24(29)17-9-6-12-25-14-17/h3-14H,2,15H2,1H3.